The third-order valence-electron chi connectivity index (χ3n) is 3.11. The number of methoxy groups -OCH3 is 1. The Morgan fingerprint density at radius 3 is 2.53 bits per heavy atom. The van der Waals surface area contributed by atoms with E-state index in [1.807, 2.05) is 19.1 Å². The number of hydrogen-bond donors (Lipinski definition) is 1. The van der Waals surface area contributed by atoms with Crippen LogP contribution >= 0.6 is 11.3 Å². The summed E-state index contributed by atoms with van der Waals surface area (Å²) in [7, 11) is 1.70. The van der Waals surface area contributed by atoms with Crippen LogP contribution in [0.5, 0.6) is 5.75 Å². The fourth-order valence-electron chi connectivity index (χ4n) is 2.23. The van der Waals surface area contributed by atoms with Crippen molar-refractivity contribution in [2.75, 3.05) is 12.4 Å². The average molecular weight is 276 g/mol. The highest BCUT2D eigenvalue weighted by atomic mass is 32.1. The SMILES string of the molecule is COc1ccc(NC(C)c2sc(C)nc2C)cc1C. The summed E-state index contributed by atoms with van der Waals surface area (Å²) in [5.74, 6) is 0.919. The fourth-order valence-corrected chi connectivity index (χ4v) is 3.16. The van der Waals surface area contributed by atoms with Crippen molar-refractivity contribution < 1.29 is 4.74 Å². The maximum absolute atomic E-state index is 5.28. The van der Waals surface area contributed by atoms with Crippen LogP contribution in [-0.4, -0.2) is 12.1 Å². The van der Waals surface area contributed by atoms with E-state index in [2.05, 4.69) is 37.1 Å². The first-order valence-electron chi connectivity index (χ1n) is 6.36. The van der Waals surface area contributed by atoms with Gasteiger partial charge in [-0.25, -0.2) is 4.98 Å². The molecule has 0 spiro atoms. The van der Waals surface area contributed by atoms with Crippen LogP contribution in [0.3, 0.4) is 0 Å². The van der Waals surface area contributed by atoms with Crippen LogP contribution in [0, 0.1) is 20.8 Å². The van der Waals surface area contributed by atoms with Gasteiger partial charge in [-0.15, -0.1) is 11.3 Å². The number of nitrogens with one attached hydrogen (secondary N) is 1. The van der Waals surface area contributed by atoms with E-state index in [1.165, 1.54) is 4.88 Å². The average Bonchev–Trinajstić information content (AvgIpc) is 2.69. The standard InChI is InChI=1S/C15H20N2OS/c1-9-8-13(6-7-14(9)18-5)17-11(3)15-10(2)16-12(4)19-15/h6-8,11,17H,1-5H3. The smallest absolute Gasteiger partial charge is 0.121 e. The highest BCUT2D eigenvalue weighted by molar-refractivity contribution is 7.11. The van der Waals surface area contributed by atoms with Crippen molar-refractivity contribution in [1.29, 1.82) is 0 Å². The lowest BCUT2D eigenvalue weighted by Crippen LogP contribution is -2.06. The monoisotopic (exact) mass is 276 g/mol. The summed E-state index contributed by atoms with van der Waals surface area (Å²) in [6.07, 6.45) is 0. The second-order valence-corrected chi connectivity index (χ2v) is 5.97. The minimum Gasteiger partial charge on any atom is -0.496 e. The molecule has 1 aromatic heterocycles. The van der Waals surface area contributed by atoms with Gasteiger partial charge >= 0.3 is 0 Å². The van der Waals surface area contributed by atoms with Gasteiger partial charge in [-0.1, -0.05) is 0 Å². The Bertz CT molecular complexity index is 578. The number of aryl methyl sites for hydroxylation is 3. The minimum absolute atomic E-state index is 0.263. The Balaban J connectivity index is 2.17. The first-order chi connectivity index (χ1) is 9.01. The van der Waals surface area contributed by atoms with Gasteiger partial charge < -0.3 is 10.1 Å². The second-order valence-electron chi connectivity index (χ2n) is 4.73. The van der Waals surface area contributed by atoms with Crippen LogP contribution in [0.15, 0.2) is 18.2 Å². The molecule has 19 heavy (non-hydrogen) atoms. The lowest BCUT2D eigenvalue weighted by Gasteiger charge is -2.15. The molecular weight excluding hydrogens is 256 g/mol. The summed E-state index contributed by atoms with van der Waals surface area (Å²) < 4.78 is 5.28. The zero-order chi connectivity index (χ0) is 14.0. The molecule has 0 amide bonds. The summed E-state index contributed by atoms with van der Waals surface area (Å²) in [6.45, 7) is 8.33. The van der Waals surface area contributed by atoms with E-state index in [-0.39, 0.29) is 6.04 Å². The van der Waals surface area contributed by atoms with Crippen molar-refractivity contribution in [3.05, 3.63) is 39.3 Å². The lowest BCUT2D eigenvalue weighted by atomic mass is 10.1. The first kappa shape index (κ1) is 13.9. The molecule has 3 nitrogen and oxygen atoms in total. The van der Waals surface area contributed by atoms with Gasteiger partial charge in [0.15, 0.2) is 0 Å². The summed E-state index contributed by atoms with van der Waals surface area (Å²) in [5.41, 5.74) is 3.36. The van der Waals surface area contributed by atoms with E-state index in [1.54, 1.807) is 18.4 Å². The topological polar surface area (TPSA) is 34.1 Å². The predicted molar refractivity (Wildman–Crippen MR) is 81.4 cm³/mol. The summed E-state index contributed by atoms with van der Waals surface area (Å²) in [6, 6.07) is 6.42. The lowest BCUT2D eigenvalue weighted by molar-refractivity contribution is 0.412. The number of aromatic nitrogens is 1. The van der Waals surface area contributed by atoms with Gasteiger partial charge in [-0.05, 0) is 51.5 Å². The second kappa shape index (κ2) is 5.61. The van der Waals surface area contributed by atoms with Crippen LogP contribution in [-0.2, 0) is 0 Å². The molecule has 1 aromatic carbocycles. The van der Waals surface area contributed by atoms with Crippen LogP contribution in [0.4, 0.5) is 5.69 Å². The maximum atomic E-state index is 5.28. The summed E-state index contributed by atoms with van der Waals surface area (Å²) in [5, 5.41) is 4.64. The van der Waals surface area contributed by atoms with Gasteiger partial charge in [0.05, 0.1) is 23.9 Å². The molecular formula is C15H20N2OS. The molecule has 0 aliphatic heterocycles. The van der Waals surface area contributed by atoms with Gasteiger partial charge in [0.2, 0.25) is 0 Å². The van der Waals surface area contributed by atoms with Gasteiger partial charge in [-0.3, -0.25) is 0 Å². The molecule has 1 N–H and O–H groups in total. The Kier molecular flexibility index (Phi) is 4.10. The van der Waals surface area contributed by atoms with E-state index < -0.39 is 0 Å². The Hall–Kier alpha value is -1.55. The Morgan fingerprint density at radius 1 is 1.26 bits per heavy atom. The molecule has 2 aromatic rings. The van der Waals surface area contributed by atoms with E-state index in [0.717, 1.165) is 27.7 Å². The third kappa shape index (κ3) is 3.07. The predicted octanol–water partition coefficient (Wildman–Crippen LogP) is 4.25. The van der Waals surface area contributed by atoms with E-state index >= 15 is 0 Å². The van der Waals surface area contributed by atoms with Crippen molar-refractivity contribution in [2.24, 2.45) is 0 Å². The quantitative estimate of drug-likeness (QED) is 0.906. The van der Waals surface area contributed by atoms with Crippen molar-refractivity contribution in [3.63, 3.8) is 0 Å². The summed E-state index contributed by atoms with van der Waals surface area (Å²) >= 11 is 1.76. The summed E-state index contributed by atoms with van der Waals surface area (Å²) in [4.78, 5) is 5.77. The number of ether oxygens (including phenoxy) is 1. The molecule has 1 unspecified atom stereocenters. The highest BCUT2D eigenvalue weighted by Crippen LogP contribution is 2.29. The zero-order valence-electron chi connectivity index (χ0n) is 12.1. The van der Waals surface area contributed by atoms with Crippen LogP contribution < -0.4 is 10.1 Å². The van der Waals surface area contributed by atoms with E-state index in [0.29, 0.717) is 0 Å². The number of anilines is 1. The molecule has 0 aliphatic carbocycles. The molecule has 102 valence electrons. The number of nitrogens with zero attached hydrogens (tertiary/aromatic N) is 1. The van der Waals surface area contributed by atoms with Gasteiger partial charge in [0, 0.05) is 10.6 Å². The van der Waals surface area contributed by atoms with Crippen LogP contribution in [0.25, 0.3) is 0 Å². The number of thiazole rings is 1. The van der Waals surface area contributed by atoms with Crippen molar-refractivity contribution in [2.45, 2.75) is 33.7 Å². The maximum Gasteiger partial charge on any atom is 0.121 e. The molecule has 0 bridgehead atoms. The molecule has 4 heteroatoms. The molecule has 0 fully saturated rings. The van der Waals surface area contributed by atoms with Gasteiger partial charge in [-0.2, -0.15) is 0 Å². The molecule has 0 saturated heterocycles. The van der Waals surface area contributed by atoms with Crippen LogP contribution in [0.1, 0.15) is 34.1 Å². The Labute approximate surface area is 118 Å². The zero-order valence-corrected chi connectivity index (χ0v) is 12.9. The number of rotatable bonds is 4. The van der Waals surface area contributed by atoms with Crippen molar-refractivity contribution in [1.82, 2.24) is 4.98 Å². The Morgan fingerprint density at radius 2 is 2.00 bits per heavy atom. The van der Waals surface area contributed by atoms with E-state index in [4.69, 9.17) is 4.74 Å². The number of benzene rings is 1. The molecule has 0 aliphatic rings. The van der Waals surface area contributed by atoms with Crippen LogP contribution in [0.2, 0.25) is 0 Å². The normalized spacial score (nSPS) is 12.3. The largest absolute Gasteiger partial charge is 0.496 e. The number of hydrogen-bond acceptors (Lipinski definition) is 4. The molecule has 2 rings (SSSR count). The van der Waals surface area contributed by atoms with E-state index in [9.17, 15) is 0 Å². The fraction of sp³-hybridized carbons (Fsp3) is 0.400. The van der Waals surface area contributed by atoms with Crippen molar-refractivity contribution >= 4 is 17.0 Å². The van der Waals surface area contributed by atoms with Gasteiger partial charge in [0.25, 0.3) is 0 Å². The third-order valence-corrected chi connectivity index (χ3v) is 4.37. The van der Waals surface area contributed by atoms with Gasteiger partial charge in [0.1, 0.15) is 5.75 Å². The highest BCUT2D eigenvalue weighted by Gasteiger charge is 2.13. The minimum atomic E-state index is 0.263. The van der Waals surface area contributed by atoms with Crippen molar-refractivity contribution in [3.8, 4) is 5.75 Å². The molecule has 1 heterocycles. The first-order valence-corrected chi connectivity index (χ1v) is 7.18. The molecule has 0 saturated carbocycles. The molecule has 1 atom stereocenters. The molecule has 0 radical (unpaired) electrons.